The van der Waals surface area contributed by atoms with Crippen LogP contribution >= 0.6 is 0 Å². The normalized spacial score (nSPS) is 16.0. The maximum Gasteiger partial charge on any atom is 0.243 e. The van der Waals surface area contributed by atoms with Gasteiger partial charge in [0.2, 0.25) is 5.95 Å². The third-order valence-corrected chi connectivity index (χ3v) is 4.42. The number of anilines is 2. The van der Waals surface area contributed by atoms with Gasteiger partial charge < -0.3 is 20.1 Å². The number of fused-ring (bicyclic) bond motifs is 1. The van der Waals surface area contributed by atoms with Crippen molar-refractivity contribution in [3.05, 3.63) is 84.1 Å². The zero-order valence-electron chi connectivity index (χ0n) is 16.2. The Balaban J connectivity index is 1.53. The number of nitrogens with zero attached hydrogens (tertiary/aromatic N) is 4. The summed E-state index contributed by atoms with van der Waals surface area (Å²) in [5, 5.41) is 11.1. The number of hydrogen-bond acceptors (Lipinski definition) is 7. The quantitative estimate of drug-likeness (QED) is 0.641. The standard InChI is InChI=1S/C21H22N6O2/c1-28-17-9-8-16(12-18(13-17)29-2)24-21-25-20-19(22-10-11-27(20)26-21)23-14-15-6-4-3-5-7-15/h3-13,16H,14H2,1-2H3,(H,22,23)(H,24,26). The zero-order valence-corrected chi connectivity index (χ0v) is 16.2. The van der Waals surface area contributed by atoms with Crippen LogP contribution in [0.25, 0.3) is 5.65 Å². The second-order valence-electron chi connectivity index (χ2n) is 6.37. The van der Waals surface area contributed by atoms with Gasteiger partial charge in [0.1, 0.15) is 11.5 Å². The molecule has 1 aromatic carbocycles. The topological polar surface area (TPSA) is 85.6 Å². The summed E-state index contributed by atoms with van der Waals surface area (Å²) in [6.07, 6.45) is 11.1. The van der Waals surface area contributed by atoms with Crippen molar-refractivity contribution < 1.29 is 9.47 Å². The number of methoxy groups -OCH3 is 2. The van der Waals surface area contributed by atoms with Crippen LogP contribution in [0.4, 0.5) is 11.8 Å². The molecule has 0 fully saturated rings. The predicted octanol–water partition coefficient (Wildman–Crippen LogP) is 3.15. The molecule has 4 rings (SSSR count). The molecule has 2 N–H and O–H groups in total. The molecule has 0 saturated heterocycles. The summed E-state index contributed by atoms with van der Waals surface area (Å²) in [6.45, 7) is 0.653. The largest absolute Gasteiger partial charge is 0.497 e. The molecule has 2 heterocycles. The number of ether oxygens (including phenoxy) is 2. The van der Waals surface area contributed by atoms with Gasteiger partial charge in [0.15, 0.2) is 11.5 Å². The van der Waals surface area contributed by atoms with Crippen molar-refractivity contribution >= 4 is 17.4 Å². The Morgan fingerprint density at radius 3 is 2.72 bits per heavy atom. The van der Waals surface area contributed by atoms with E-state index >= 15 is 0 Å². The number of benzene rings is 1. The van der Waals surface area contributed by atoms with Crippen LogP contribution in [-0.2, 0) is 16.0 Å². The van der Waals surface area contributed by atoms with E-state index in [-0.39, 0.29) is 6.04 Å². The average Bonchev–Trinajstić information content (AvgIpc) is 3.06. The molecule has 0 radical (unpaired) electrons. The molecule has 3 aromatic rings. The Hall–Kier alpha value is -3.81. The summed E-state index contributed by atoms with van der Waals surface area (Å²) in [5.41, 5.74) is 1.81. The van der Waals surface area contributed by atoms with Crippen LogP contribution in [0.2, 0.25) is 0 Å². The van der Waals surface area contributed by atoms with Crippen LogP contribution in [-0.4, -0.2) is 39.8 Å². The van der Waals surface area contributed by atoms with Crippen molar-refractivity contribution in [2.24, 2.45) is 0 Å². The van der Waals surface area contributed by atoms with E-state index in [1.165, 1.54) is 0 Å². The highest BCUT2D eigenvalue weighted by atomic mass is 16.5. The van der Waals surface area contributed by atoms with Gasteiger partial charge in [-0.15, -0.1) is 5.10 Å². The van der Waals surface area contributed by atoms with Gasteiger partial charge in [-0.1, -0.05) is 36.4 Å². The first-order valence-electron chi connectivity index (χ1n) is 9.20. The third kappa shape index (κ3) is 4.37. The summed E-state index contributed by atoms with van der Waals surface area (Å²) >= 11 is 0. The Bertz CT molecular complexity index is 1070. The van der Waals surface area contributed by atoms with Crippen molar-refractivity contribution in [2.75, 3.05) is 24.9 Å². The molecule has 29 heavy (non-hydrogen) atoms. The number of allylic oxidation sites excluding steroid dienone is 2. The van der Waals surface area contributed by atoms with E-state index in [1.807, 2.05) is 42.5 Å². The van der Waals surface area contributed by atoms with Crippen LogP contribution in [0.5, 0.6) is 0 Å². The van der Waals surface area contributed by atoms with Gasteiger partial charge >= 0.3 is 0 Å². The fraction of sp³-hybridized carbons (Fsp3) is 0.190. The highest BCUT2D eigenvalue weighted by molar-refractivity contribution is 5.64. The Morgan fingerprint density at radius 1 is 1.10 bits per heavy atom. The van der Waals surface area contributed by atoms with E-state index in [0.29, 0.717) is 35.5 Å². The highest BCUT2D eigenvalue weighted by Gasteiger charge is 2.13. The summed E-state index contributed by atoms with van der Waals surface area (Å²) in [4.78, 5) is 9.01. The summed E-state index contributed by atoms with van der Waals surface area (Å²) in [6, 6.07) is 9.98. The molecule has 0 saturated carbocycles. The minimum atomic E-state index is -0.153. The van der Waals surface area contributed by atoms with E-state index < -0.39 is 0 Å². The minimum Gasteiger partial charge on any atom is -0.497 e. The SMILES string of the molecule is COC1=CC(OC)=CC(Nc2nc3c(NCc4ccccc4)nccn3n2)C=C1. The van der Waals surface area contributed by atoms with Crippen LogP contribution < -0.4 is 10.6 Å². The number of aromatic nitrogens is 4. The summed E-state index contributed by atoms with van der Waals surface area (Å²) < 4.78 is 12.4. The van der Waals surface area contributed by atoms with Crippen molar-refractivity contribution in [2.45, 2.75) is 12.6 Å². The number of hydrogen-bond donors (Lipinski definition) is 2. The van der Waals surface area contributed by atoms with Crippen LogP contribution in [0.1, 0.15) is 5.56 Å². The molecule has 8 heteroatoms. The van der Waals surface area contributed by atoms with E-state index in [2.05, 4.69) is 37.8 Å². The third-order valence-electron chi connectivity index (χ3n) is 4.42. The van der Waals surface area contributed by atoms with Crippen molar-refractivity contribution in [1.29, 1.82) is 0 Å². The molecular formula is C21H22N6O2. The fourth-order valence-corrected chi connectivity index (χ4v) is 2.95. The zero-order chi connectivity index (χ0) is 20.1. The minimum absolute atomic E-state index is 0.153. The van der Waals surface area contributed by atoms with Gasteiger partial charge in [-0.25, -0.2) is 9.50 Å². The molecule has 2 aromatic heterocycles. The van der Waals surface area contributed by atoms with E-state index in [9.17, 15) is 0 Å². The van der Waals surface area contributed by atoms with Gasteiger partial charge in [-0.05, 0) is 17.7 Å². The molecule has 1 unspecified atom stereocenters. The lowest BCUT2D eigenvalue weighted by atomic mass is 10.2. The number of nitrogens with one attached hydrogen (secondary N) is 2. The molecule has 0 bridgehead atoms. The molecule has 148 valence electrons. The lowest BCUT2D eigenvalue weighted by Gasteiger charge is -2.09. The van der Waals surface area contributed by atoms with Crippen molar-refractivity contribution in [3.63, 3.8) is 0 Å². The Morgan fingerprint density at radius 2 is 1.93 bits per heavy atom. The predicted molar refractivity (Wildman–Crippen MR) is 111 cm³/mol. The first kappa shape index (κ1) is 18.5. The van der Waals surface area contributed by atoms with Gasteiger partial charge in [0.25, 0.3) is 0 Å². The molecule has 0 amide bonds. The smallest absolute Gasteiger partial charge is 0.243 e. The second kappa shape index (κ2) is 8.47. The Kier molecular flexibility index (Phi) is 5.42. The van der Waals surface area contributed by atoms with Crippen LogP contribution in [0, 0.1) is 0 Å². The van der Waals surface area contributed by atoms with Crippen LogP contribution in [0.3, 0.4) is 0 Å². The van der Waals surface area contributed by atoms with E-state index in [4.69, 9.17) is 9.47 Å². The molecule has 0 aliphatic heterocycles. The first-order chi connectivity index (χ1) is 14.2. The molecule has 8 nitrogen and oxygen atoms in total. The monoisotopic (exact) mass is 390 g/mol. The van der Waals surface area contributed by atoms with E-state index in [0.717, 1.165) is 5.56 Å². The van der Waals surface area contributed by atoms with Crippen LogP contribution in [0.15, 0.2) is 78.5 Å². The molecule has 1 aliphatic rings. The molecule has 1 atom stereocenters. The maximum absolute atomic E-state index is 5.38. The molecule has 1 aliphatic carbocycles. The first-order valence-corrected chi connectivity index (χ1v) is 9.20. The second-order valence-corrected chi connectivity index (χ2v) is 6.37. The summed E-state index contributed by atoms with van der Waals surface area (Å²) in [5.74, 6) is 2.56. The highest BCUT2D eigenvalue weighted by Crippen LogP contribution is 2.18. The molecule has 0 spiro atoms. The number of rotatable bonds is 7. The maximum atomic E-state index is 5.38. The van der Waals surface area contributed by atoms with Gasteiger partial charge in [-0.2, -0.15) is 4.98 Å². The van der Waals surface area contributed by atoms with E-state index in [1.54, 1.807) is 31.1 Å². The molecular weight excluding hydrogens is 368 g/mol. The lowest BCUT2D eigenvalue weighted by molar-refractivity contribution is 0.285. The van der Waals surface area contributed by atoms with Gasteiger partial charge in [0.05, 0.1) is 20.3 Å². The fourth-order valence-electron chi connectivity index (χ4n) is 2.95. The lowest BCUT2D eigenvalue weighted by Crippen LogP contribution is -2.15. The summed E-state index contributed by atoms with van der Waals surface area (Å²) in [7, 11) is 3.25. The van der Waals surface area contributed by atoms with Gasteiger partial charge in [0, 0.05) is 25.0 Å². The van der Waals surface area contributed by atoms with Gasteiger partial charge in [-0.3, -0.25) is 0 Å². The van der Waals surface area contributed by atoms with Crippen molar-refractivity contribution in [3.8, 4) is 0 Å². The Labute approximate surface area is 168 Å². The average molecular weight is 390 g/mol. The van der Waals surface area contributed by atoms with Crippen molar-refractivity contribution in [1.82, 2.24) is 19.6 Å².